The zero-order valence-electron chi connectivity index (χ0n) is 7.17. The quantitative estimate of drug-likeness (QED) is 0.270. The second-order valence-corrected chi connectivity index (χ2v) is 2.64. The first-order valence-electron chi connectivity index (χ1n) is 3.73. The van der Waals surface area contributed by atoms with E-state index in [1.165, 1.54) is 4.90 Å². The molecule has 0 aromatic carbocycles. The number of hydrogen-bond donors (Lipinski definition) is 0. The van der Waals surface area contributed by atoms with Crippen molar-refractivity contribution in [1.29, 1.82) is 0 Å². The summed E-state index contributed by atoms with van der Waals surface area (Å²) in [6.45, 7) is 0.392. The first kappa shape index (κ1) is 9.34. The topological polar surface area (TPSA) is 89.4 Å². The van der Waals surface area contributed by atoms with Gasteiger partial charge in [-0.05, 0) is 5.53 Å². The van der Waals surface area contributed by atoms with Gasteiger partial charge in [-0.2, -0.15) is 0 Å². The lowest BCUT2D eigenvalue weighted by molar-refractivity contribution is -0.125. The third-order valence-electron chi connectivity index (χ3n) is 1.72. The smallest absolute Gasteiger partial charge is 0.318 e. The van der Waals surface area contributed by atoms with Crippen molar-refractivity contribution in [3.05, 3.63) is 10.4 Å². The molecule has 0 aliphatic carbocycles. The lowest BCUT2D eigenvalue weighted by Crippen LogP contribution is -2.33. The van der Waals surface area contributed by atoms with Crippen molar-refractivity contribution in [3.8, 4) is 0 Å². The van der Waals surface area contributed by atoms with Gasteiger partial charge in [0.15, 0.2) is 0 Å². The highest BCUT2D eigenvalue weighted by Crippen LogP contribution is 2.06. The summed E-state index contributed by atoms with van der Waals surface area (Å²) in [6.07, 6.45) is 0. The maximum Gasteiger partial charge on any atom is 0.326 e. The van der Waals surface area contributed by atoms with Crippen LogP contribution in [0.2, 0.25) is 0 Å². The van der Waals surface area contributed by atoms with Gasteiger partial charge in [0.2, 0.25) is 5.91 Å². The van der Waals surface area contributed by atoms with Crippen molar-refractivity contribution in [3.63, 3.8) is 0 Å². The largest absolute Gasteiger partial charge is 0.326 e. The molecule has 3 amide bonds. The molecule has 0 N–H and O–H groups in total. The van der Waals surface area contributed by atoms with E-state index in [1.54, 1.807) is 7.05 Å². The average molecular weight is 183 g/mol. The minimum Gasteiger partial charge on any atom is -0.318 e. The van der Waals surface area contributed by atoms with Crippen molar-refractivity contribution in [2.24, 2.45) is 5.11 Å². The van der Waals surface area contributed by atoms with Crippen LogP contribution in [0.25, 0.3) is 10.4 Å². The molecule has 0 aromatic heterocycles. The first-order chi connectivity index (χ1) is 6.16. The van der Waals surface area contributed by atoms with Crippen LogP contribution >= 0.6 is 0 Å². The molecule has 0 spiro atoms. The fourth-order valence-corrected chi connectivity index (χ4v) is 1.08. The van der Waals surface area contributed by atoms with Crippen LogP contribution in [0.4, 0.5) is 4.79 Å². The minimum absolute atomic E-state index is 0.106. The summed E-state index contributed by atoms with van der Waals surface area (Å²) < 4.78 is 0. The van der Waals surface area contributed by atoms with E-state index < -0.39 is 0 Å². The van der Waals surface area contributed by atoms with Crippen LogP contribution in [-0.4, -0.2) is 48.4 Å². The molecule has 1 aliphatic heterocycles. The summed E-state index contributed by atoms with van der Waals surface area (Å²) >= 11 is 0. The maximum atomic E-state index is 11.2. The Morgan fingerprint density at radius 3 is 2.77 bits per heavy atom. The second-order valence-electron chi connectivity index (χ2n) is 2.64. The van der Waals surface area contributed by atoms with E-state index in [9.17, 15) is 9.59 Å². The molecular weight excluding hydrogens is 174 g/mol. The van der Waals surface area contributed by atoms with Crippen LogP contribution in [0.3, 0.4) is 0 Å². The predicted molar refractivity (Wildman–Crippen MR) is 43.8 cm³/mol. The van der Waals surface area contributed by atoms with E-state index in [4.69, 9.17) is 5.53 Å². The van der Waals surface area contributed by atoms with Crippen LogP contribution in [0.1, 0.15) is 0 Å². The van der Waals surface area contributed by atoms with Gasteiger partial charge in [0.25, 0.3) is 0 Å². The van der Waals surface area contributed by atoms with E-state index in [-0.39, 0.29) is 31.6 Å². The molecule has 0 radical (unpaired) electrons. The number of urea groups is 1. The Bertz CT molecular complexity index is 283. The number of carbonyl (C=O) groups is 2. The van der Waals surface area contributed by atoms with Crippen molar-refractivity contribution < 1.29 is 9.59 Å². The minimum atomic E-state index is -0.335. The lowest BCUT2D eigenvalue weighted by Gasteiger charge is -2.11. The number of likely N-dealkylation sites (N-methyl/N-ethyl adjacent to an activating group) is 1. The van der Waals surface area contributed by atoms with Gasteiger partial charge in [0.05, 0.1) is 0 Å². The summed E-state index contributed by atoms with van der Waals surface area (Å²) in [5.41, 5.74) is 7.98. The molecule has 1 heterocycles. The molecule has 7 heteroatoms. The number of rotatable bonds is 3. The van der Waals surface area contributed by atoms with E-state index in [1.807, 2.05) is 0 Å². The van der Waals surface area contributed by atoms with Gasteiger partial charge in [0, 0.05) is 25.0 Å². The van der Waals surface area contributed by atoms with Crippen molar-refractivity contribution in [2.45, 2.75) is 0 Å². The summed E-state index contributed by atoms with van der Waals surface area (Å²) in [5.74, 6) is -0.249. The zero-order valence-corrected chi connectivity index (χ0v) is 7.17. The SMILES string of the molecule is CN1CC(=O)N(CCN=[N+]=[N-])C1=O. The summed E-state index contributed by atoms with van der Waals surface area (Å²) in [5, 5.41) is 3.25. The van der Waals surface area contributed by atoms with Crippen LogP contribution < -0.4 is 0 Å². The molecule has 13 heavy (non-hydrogen) atoms. The van der Waals surface area contributed by atoms with Crippen LogP contribution in [0.15, 0.2) is 5.11 Å². The van der Waals surface area contributed by atoms with Crippen LogP contribution in [0, 0.1) is 0 Å². The first-order valence-corrected chi connectivity index (χ1v) is 3.73. The zero-order chi connectivity index (χ0) is 9.84. The van der Waals surface area contributed by atoms with E-state index in [0.717, 1.165) is 4.90 Å². The molecule has 1 rings (SSSR count). The molecule has 0 unspecified atom stereocenters. The number of hydrogen-bond acceptors (Lipinski definition) is 3. The van der Waals surface area contributed by atoms with Gasteiger partial charge in [-0.1, -0.05) is 5.11 Å². The summed E-state index contributed by atoms with van der Waals surface area (Å²) in [6, 6.07) is -0.335. The molecule has 0 aromatic rings. The molecule has 0 saturated carbocycles. The Hall–Kier alpha value is -1.75. The number of nitrogens with zero attached hydrogens (tertiary/aromatic N) is 5. The van der Waals surface area contributed by atoms with Gasteiger partial charge in [-0.15, -0.1) is 0 Å². The fourth-order valence-electron chi connectivity index (χ4n) is 1.08. The van der Waals surface area contributed by atoms with Gasteiger partial charge >= 0.3 is 6.03 Å². The molecule has 7 nitrogen and oxygen atoms in total. The molecule has 1 saturated heterocycles. The molecule has 0 atom stereocenters. The second kappa shape index (κ2) is 3.77. The molecular formula is C6H9N5O2. The number of imide groups is 1. The van der Waals surface area contributed by atoms with Crippen LogP contribution in [0.5, 0.6) is 0 Å². The summed E-state index contributed by atoms with van der Waals surface area (Å²) in [7, 11) is 1.55. The normalized spacial score (nSPS) is 16.4. The molecule has 0 bridgehead atoms. The summed E-state index contributed by atoms with van der Waals surface area (Å²) in [4.78, 5) is 27.2. The monoisotopic (exact) mass is 183 g/mol. The predicted octanol–water partition coefficient (Wildman–Crippen LogP) is 0.191. The Labute approximate surface area is 74.5 Å². The Balaban J connectivity index is 2.54. The Kier molecular flexibility index (Phi) is 2.71. The van der Waals surface area contributed by atoms with Crippen LogP contribution in [-0.2, 0) is 4.79 Å². The highest BCUT2D eigenvalue weighted by molar-refractivity contribution is 6.01. The molecule has 70 valence electrons. The number of azide groups is 1. The van der Waals surface area contributed by atoms with Crippen molar-refractivity contribution in [2.75, 3.05) is 26.7 Å². The standard InChI is InChI=1S/C6H9N5O2/c1-10-4-5(12)11(6(10)13)3-2-8-9-7/h2-4H2,1H3. The third-order valence-corrected chi connectivity index (χ3v) is 1.72. The van der Waals surface area contributed by atoms with Crippen molar-refractivity contribution in [1.82, 2.24) is 9.80 Å². The highest BCUT2D eigenvalue weighted by Gasteiger charge is 2.32. The third kappa shape index (κ3) is 1.88. The maximum absolute atomic E-state index is 11.2. The van der Waals surface area contributed by atoms with E-state index in [0.29, 0.717) is 0 Å². The number of amides is 3. The van der Waals surface area contributed by atoms with Gasteiger partial charge in [-0.25, -0.2) is 4.79 Å². The van der Waals surface area contributed by atoms with Gasteiger partial charge in [-0.3, -0.25) is 9.69 Å². The number of carbonyl (C=O) groups excluding carboxylic acids is 2. The Morgan fingerprint density at radius 1 is 1.62 bits per heavy atom. The van der Waals surface area contributed by atoms with E-state index in [2.05, 4.69) is 10.0 Å². The Morgan fingerprint density at radius 2 is 2.31 bits per heavy atom. The van der Waals surface area contributed by atoms with Gasteiger partial charge in [0.1, 0.15) is 6.54 Å². The fraction of sp³-hybridized carbons (Fsp3) is 0.667. The van der Waals surface area contributed by atoms with Crippen molar-refractivity contribution >= 4 is 11.9 Å². The lowest BCUT2D eigenvalue weighted by atomic mass is 10.5. The molecule has 1 aliphatic rings. The van der Waals surface area contributed by atoms with E-state index >= 15 is 0 Å². The highest BCUT2D eigenvalue weighted by atomic mass is 16.2. The van der Waals surface area contributed by atoms with Gasteiger partial charge < -0.3 is 4.90 Å². The molecule has 1 fully saturated rings. The average Bonchev–Trinajstić information content (AvgIpc) is 2.32.